The van der Waals surface area contributed by atoms with Crippen LogP contribution in [0.15, 0.2) is 30.5 Å². The van der Waals surface area contributed by atoms with E-state index in [0.717, 1.165) is 11.9 Å². The highest BCUT2D eigenvalue weighted by Crippen LogP contribution is 2.20. The third-order valence-corrected chi connectivity index (χ3v) is 2.73. The molecule has 0 saturated carbocycles. The molecule has 0 radical (unpaired) electrons. The molecule has 80 valence electrons. The predicted molar refractivity (Wildman–Crippen MR) is 62.9 cm³/mol. The first-order valence-electron chi connectivity index (χ1n) is 5.50. The summed E-state index contributed by atoms with van der Waals surface area (Å²) in [5, 5.41) is 10.8. The first-order valence-corrected chi connectivity index (χ1v) is 5.50. The summed E-state index contributed by atoms with van der Waals surface area (Å²) in [5.41, 5.74) is 2.47. The van der Waals surface area contributed by atoms with Crippen LogP contribution in [-0.4, -0.2) is 9.67 Å². The van der Waals surface area contributed by atoms with E-state index in [1.54, 1.807) is 6.92 Å². The van der Waals surface area contributed by atoms with Gasteiger partial charge in [0.15, 0.2) is 0 Å². The van der Waals surface area contributed by atoms with Crippen LogP contribution in [0.5, 0.6) is 0 Å². The summed E-state index contributed by atoms with van der Waals surface area (Å²) in [6.07, 6.45) is 3.77. The molecular weight excluding hydrogens is 186 g/mol. The maximum absolute atomic E-state index is 9.55. The molecule has 2 heteroatoms. The van der Waals surface area contributed by atoms with Crippen LogP contribution in [0, 0.1) is 0 Å². The standard InChI is InChI=1S/C13H17NO/c1-3-4-11-5-6-13-12(9-11)7-8-14(13)10(2)15/h5-10,15H,3-4H2,1-2H3. The molecule has 2 aromatic rings. The van der Waals surface area contributed by atoms with Crippen molar-refractivity contribution in [2.45, 2.75) is 32.9 Å². The molecule has 15 heavy (non-hydrogen) atoms. The lowest BCUT2D eigenvalue weighted by Crippen LogP contribution is -2.01. The number of aliphatic hydroxyl groups excluding tert-OH is 1. The van der Waals surface area contributed by atoms with Crippen LogP contribution in [0.1, 0.15) is 32.1 Å². The Balaban J connectivity index is 2.47. The molecule has 1 atom stereocenters. The normalized spacial score (nSPS) is 13.3. The lowest BCUT2D eigenvalue weighted by Gasteiger charge is -2.08. The van der Waals surface area contributed by atoms with Crippen molar-refractivity contribution in [1.82, 2.24) is 4.57 Å². The van der Waals surface area contributed by atoms with Gasteiger partial charge in [-0.15, -0.1) is 0 Å². The molecule has 0 spiro atoms. The van der Waals surface area contributed by atoms with Gasteiger partial charge in [-0.3, -0.25) is 0 Å². The molecular formula is C13H17NO. The number of hydrogen-bond donors (Lipinski definition) is 1. The van der Waals surface area contributed by atoms with Crippen molar-refractivity contribution in [2.75, 3.05) is 0 Å². The van der Waals surface area contributed by atoms with Crippen molar-refractivity contribution in [3.8, 4) is 0 Å². The van der Waals surface area contributed by atoms with Crippen LogP contribution >= 0.6 is 0 Å². The lowest BCUT2D eigenvalue weighted by molar-refractivity contribution is 0.129. The fourth-order valence-electron chi connectivity index (χ4n) is 1.98. The van der Waals surface area contributed by atoms with E-state index < -0.39 is 6.23 Å². The van der Waals surface area contributed by atoms with Crippen LogP contribution in [0.25, 0.3) is 10.9 Å². The molecule has 0 saturated heterocycles. The van der Waals surface area contributed by atoms with Gasteiger partial charge >= 0.3 is 0 Å². The Morgan fingerprint density at radius 2 is 2.13 bits per heavy atom. The highest BCUT2D eigenvalue weighted by Gasteiger charge is 2.04. The number of aliphatic hydroxyl groups is 1. The molecule has 0 bridgehead atoms. The average molecular weight is 203 g/mol. The smallest absolute Gasteiger partial charge is 0.127 e. The van der Waals surface area contributed by atoms with Crippen molar-refractivity contribution in [3.63, 3.8) is 0 Å². The zero-order chi connectivity index (χ0) is 10.8. The maximum Gasteiger partial charge on any atom is 0.127 e. The molecule has 2 rings (SSSR count). The minimum atomic E-state index is -0.459. The third-order valence-electron chi connectivity index (χ3n) is 2.73. The molecule has 1 heterocycles. The minimum Gasteiger partial charge on any atom is -0.374 e. The van der Waals surface area contributed by atoms with Gasteiger partial charge in [-0.1, -0.05) is 19.4 Å². The Morgan fingerprint density at radius 1 is 1.33 bits per heavy atom. The van der Waals surface area contributed by atoms with Gasteiger partial charge < -0.3 is 9.67 Å². The second-order valence-electron chi connectivity index (χ2n) is 4.00. The summed E-state index contributed by atoms with van der Waals surface area (Å²) in [7, 11) is 0. The molecule has 0 aliphatic rings. The molecule has 0 aliphatic heterocycles. The van der Waals surface area contributed by atoms with Gasteiger partial charge in [-0.2, -0.15) is 0 Å². The average Bonchev–Trinajstić information content (AvgIpc) is 2.61. The Labute approximate surface area is 90.2 Å². The first-order chi connectivity index (χ1) is 7.22. The van der Waals surface area contributed by atoms with Crippen molar-refractivity contribution < 1.29 is 5.11 Å². The van der Waals surface area contributed by atoms with Crippen molar-refractivity contribution in [2.24, 2.45) is 0 Å². The summed E-state index contributed by atoms with van der Waals surface area (Å²) in [6.45, 7) is 3.96. The molecule has 1 N–H and O–H groups in total. The van der Waals surface area contributed by atoms with E-state index in [1.807, 2.05) is 10.8 Å². The Kier molecular flexibility index (Phi) is 2.78. The van der Waals surface area contributed by atoms with Crippen LogP contribution < -0.4 is 0 Å². The van der Waals surface area contributed by atoms with Crippen LogP contribution in [-0.2, 0) is 6.42 Å². The second-order valence-corrected chi connectivity index (χ2v) is 4.00. The highest BCUT2D eigenvalue weighted by atomic mass is 16.3. The molecule has 0 amide bonds. The van der Waals surface area contributed by atoms with E-state index in [0.29, 0.717) is 0 Å². The third kappa shape index (κ3) is 1.90. The maximum atomic E-state index is 9.55. The van der Waals surface area contributed by atoms with E-state index in [4.69, 9.17) is 0 Å². The monoisotopic (exact) mass is 203 g/mol. The summed E-state index contributed by atoms with van der Waals surface area (Å²) in [5.74, 6) is 0. The molecule has 1 aromatic heterocycles. The van der Waals surface area contributed by atoms with Crippen LogP contribution in [0.4, 0.5) is 0 Å². The van der Waals surface area contributed by atoms with E-state index in [9.17, 15) is 5.11 Å². The van der Waals surface area contributed by atoms with E-state index in [-0.39, 0.29) is 0 Å². The van der Waals surface area contributed by atoms with Gasteiger partial charge in [0.2, 0.25) is 0 Å². The Bertz CT molecular complexity index is 457. The largest absolute Gasteiger partial charge is 0.374 e. The van der Waals surface area contributed by atoms with Gasteiger partial charge in [0.25, 0.3) is 0 Å². The van der Waals surface area contributed by atoms with E-state index in [2.05, 4.69) is 31.2 Å². The van der Waals surface area contributed by atoms with Gasteiger partial charge in [-0.25, -0.2) is 0 Å². The summed E-state index contributed by atoms with van der Waals surface area (Å²) in [6, 6.07) is 8.50. The SMILES string of the molecule is CCCc1ccc2c(ccn2C(C)O)c1. The number of benzene rings is 1. The number of nitrogens with zero attached hydrogens (tertiary/aromatic N) is 1. The minimum absolute atomic E-state index is 0.459. The quantitative estimate of drug-likeness (QED) is 0.814. The van der Waals surface area contributed by atoms with Crippen LogP contribution in [0.3, 0.4) is 0 Å². The zero-order valence-electron chi connectivity index (χ0n) is 9.27. The van der Waals surface area contributed by atoms with Gasteiger partial charge in [0.1, 0.15) is 6.23 Å². The van der Waals surface area contributed by atoms with Crippen molar-refractivity contribution in [3.05, 3.63) is 36.0 Å². The molecule has 2 nitrogen and oxygen atoms in total. The summed E-state index contributed by atoms with van der Waals surface area (Å²) < 4.78 is 1.88. The zero-order valence-corrected chi connectivity index (χ0v) is 9.27. The molecule has 0 aliphatic carbocycles. The lowest BCUT2D eigenvalue weighted by atomic mass is 10.1. The predicted octanol–water partition coefficient (Wildman–Crippen LogP) is 3.10. The van der Waals surface area contributed by atoms with Crippen LogP contribution in [0.2, 0.25) is 0 Å². The summed E-state index contributed by atoms with van der Waals surface area (Å²) >= 11 is 0. The highest BCUT2D eigenvalue weighted by molar-refractivity contribution is 5.81. The molecule has 1 aromatic carbocycles. The molecule has 1 unspecified atom stereocenters. The Hall–Kier alpha value is -1.28. The molecule has 0 fully saturated rings. The first kappa shape index (κ1) is 10.2. The fraction of sp³-hybridized carbons (Fsp3) is 0.385. The second kappa shape index (κ2) is 4.07. The van der Waals surface area contributed by atoms with Gasteiger partial charge in [0, 0.05) is 6.20 Å². The number of aromatic nitrogens is 1. The number of hydrogen-bond acceptors (Lipinski definition) is 1. The number of aryl methyl sites for hydroxylation is 1. The fourth-order valence-corrected chi connectivity index (χ4v) is 1.98. The summed E-state index contributed by atoms with van der Waals surface area (Å²) in [4.78, 5) is 0. The van der Waals surface area contributed by atoms with Crippen molar-refractivity contribution in [1.29, 1.82) is 0 Å². The number of rotatable bonds is 3. The topological polar surface area (TPSA) is 25.2 Å². The Morgan fingerprint density at radius 3 is 2.80 bits per heavy atom. The van der Waals surface area contributed by atoms with E-state index >= 15 is 0 Å². The van der Waals surface area contributed by atoms with E-state index in [1.165, 1.54) is 17.4 Å². The van der Waals surface area contributed by atoms with Crippen molar-refractivity contribution >= 4 is 10.9 Å². The van der Waals surface area contributed by atoms with Gasteiger partial charge in [0.05, 0.1) is 5.52 Å². The number of fused-ring (bicyclic) bond motifs is 1. The van der Waals surface area contributed by atoms with Gasteiger partial charge in [-0.05, 0) is 42.5 Å².